The van der Waals surface area contributed by atoms with Gasteiger partial charge < -0.3 is 13.6 Å². The summed E-state index contributed by atoms with van der Waals surface area (Å²) in [5.74, 6) is 1.17. The third kappa shape index (κ3) is 6.68. The van der Waals surface area contributed by atoms with Gasteiger partial charge in [0, 0.05) is 12.3 Å². The van der Waals surface area contributed by atoms with Crippen molar-refractivity contribution < 1.29 is 13.6 Å². The topological polar surface area (TPSA) is 35.5 Å². The second kappa shape index (κ2) is 11.5. The highest BCUT2D eigenvalue weighted by molar-refractivity contribution is 6.74. The zero-order chi connectivity index (χ0) is 29.6. The van der Waals surface area contributed by atoms with Crippen molar-refractivity contribution in [2.24, 2.45) is 23.2 Å². The second-order valence-corrected chi connectivity index (χ2v) is 25.8. The van der Waals surface area contributed by atoms with Crippen molar-refractivity contribution in [3.8, 4) is 0 Å². The van der Waals surface area contributed by atoms with Gasteiger partial charge in [-0.3, -0.25) is 0 Å². The molecule has 222 valence electrons. The Morgan fingerprint density at radius 3 is 2.10 bits per heavy atom. The molecule has 0 aromatic carbocycles. The fraction of sp³-hybridized carbons (Fsp3) is 0.794. The average molecular weight is 573 g/mol. The molecule has 3 nitrogen and oxygen atoms in total. The molecule has 0 aromatic rings. The molecule has 0 saturated heterocycles. The van der Waals surface area contributed by atoms with Crippen LogP contribution >= 0.6 is 0 Å². The first-order valence-electron chi connectivity index (χ1n) is 15.7. The summed E-state index contributed by atoms with van der Waals surface area (Å²) in [5, 5.41) is 0.304. The Morgan fingerprint density at radius 1 is 0.974 bits per heavy atom. The van der Waals surface area contributed by atoms with E-state index in [1.54, 1.807) is 0 Å². The smallest absolute Gasteiger partial charge is 0.192 e. The summed E-state index contributed by atoms with van der Waals surface area (Å²) in [5.41, 5.74) is 4.14. The highest BCUT2D eigenvalue weighted by atomic mass is 28.4. The van der Waals surface area contributed by atoms with Gasteiger partial charge in [-0.2, -0.15) is 0 Å². The second-order valence-electron chi connectivity index (χ2n) is 16.2. The van der Waals surface area contributed by atoms with E-state index in [1.807, 2.05) is 0 Å². The molecule has 3 aliphatic rings. The van der Waals surface area contributed by atoms with Gasteiger partial charge in [-0.15, -0.1) is 0 Å². The molecule has 3 aliphatic carbocycles. The Balaban J connectivity index is 1.97. The molecule has 2 unspecified atom stereocenters. The first kappa shape index (κ1) is 32.8. The number of fused-ring (bicyclic) bond motifs is 1. The van der Waals surface area contributed by atoms with Gasteiger partial charge in [0.25, 0.3) is 0 Å². The van der Waals surface area contributed by atoms with Crippen LogP contribution < -0.4 is 0 Å². The van der Waals surface area contributed by atoms with Gasteiger partial charge in [0.15, 0.2) is 16.6 Å². The summed E-state index contributed by atoms with van der Waals surface area (Å²) < 4.78 is 14.0. The van der Waals surface area contributed by atoms with Crippen LogP contribution in [0.3, 0.4) is 0 Å². The molecular formula is C34H60O3Si2. The third-order valence-corrected chi connectivity index (χ3v) is 20.6. The normalized spacial score (nSPS) is 35.0. The van der Waals surface area contributed by atoms with E-state index < -0.39 is 16.6 Å². The number of carbonyl (C=O) groups is 1. The van der Waals surface area contributed by atoms with Crippen molar-refractivity contribution in [2.75, 3.05) is 0 Å². The molecule has 0 N–H and O–H groups in total. The van der Waals surface area contributed by atoms with Crippen LogP contribution in [-0.2, 0) is 13.6 Å². The first-order valence-corrected chi connectivity index (χ1v) is 21.5. The number of hydrogen-bond donors (Lipinski definition) is 0. The number of aldehydes is 1. The van der Waals surface area contributed by atoms with E-state index in [4.69, 9.17) is 8.85 Å². The van der Waals surface area contributed by atoms with E-state index in [9.17, 15) is 4.79 Å². The Morgan fingerprint density at radius 2 is 1.56 bits per heavy atom. The quantitative estimate of drug-likeness (QED) is 0.225. The highest BCUT2D eigenvalue weighted by Gasteiger charge is 2.53. The fourth-order valence-corrected chi connectivity index (χ4v) is 9.75. The molecule has 5 heteroatoms. The van der Waals surface area contributed by atoms with E-state index >= 15 is 0 Å². The Bertz CT molecular complexity index is 977. The molecule has 0 bridgehead atoms. The van der Waals surface area contributed by atoms with Crippen LogP contribution in [-0.4, -0.2) is 35.1 Å². The molecule has 3 saturated carbocycles. The monoisotopic (exact) mass is 572 g/mol. The predicted octanol–water partition coefficient (Wildman–Crippen LogP) is 10.0. The minimum atomic E-state index is -1.98. The summed E-state index contributed by atoms with van der Waals surface area (Å²) in [6.07, 6.45) is 13.7. The van der Waals surface area contributed by atoms with Crippen molar-refractivity contribution >= 4 is 22.9 Å². The fourth-order valence-electron chi connectivity index (χ4n) is 7.08. The zero-order valence-electron chi connectivity index (χ0n) is 27.5. The Hall–Kier alpha value is -0.756. The predicted molar refractivity (Wildman–Crippen MR) is 172 cm³/mol. The zero-order valence-corrected chi connectivity index (χ0v) is 29.5. The molecule has 0 amide bonds. The maximum Gasteiger partial charge on any atom is 0.192 e. The average Bonchev–Trinajstić information content (AvgIpc) is 3.10. The van der Waals surface area contributed by atoms with Gasteiger partial charge in [0.05, 0.1) is 12.2 Å². The molecule has 3 fully saturated rings. The summed E-state index contributed by atoms with van der Waals surface area (Å²) in [7, 11) is -3.92. The third-order valence-electron chi connectivity index (χ3n) is 11.6. The van der Waals surface area contributed by atoms with E-state index in [1.165, 1.54) is 36.7 Å². The molecular weight excluding hydrogens is 513 g/mol. The van der Waals surface area contributed by atoms with Crippen molar-refractivity contribution in [3.63, 3.8) is 0 Å². The standard InChI is InChI=1S/C34H60O3Si2/c1-14-28-20-27(23-35)31-25(16-15-19-34(28,31)9)17-18-26-21-29(36-38(10,11)32(3,4)5)22-30(24(26)2)37-39(12,13)33(6,7)8/h17-18,23,27-31H,2,14-16,19-22H2,1,3-13H3/b25-17+,26-18-/t27-,28-,29?,30?,31+,34+/m0/s1. The molecule has 0 aliphatic heterocycles. The minimum absolute atomic E-state index is 0.00522. The molecule has 6 atom stereocenters. The van der Waals surface area contributed by atoms with Gasteiger partial charge in [0.2, 0.25) is 0 Å². The van der Waals surface area contributed by atoms with E-state index in [0.29, 0.717) is 11.8 Å². The lowest BCUT2D eigenvalue weighted by Crippen LogP contribution is -2.49. The summed E-state index contributed by atoms with van der Waals surface area (Å²) >= 11 is 0. The van der Waals surface area contributed by atoms with Crippen LogP contribution in [0.1, 0.15) is 100 Å². The first-order chi connectivity index (χ1) is 17.8. The lowest BCUT2D eigenvalue weighted by molar-refractivity contribution is -0.112. The number of hydrogen-bond acceptors (Lipinski definition) is 3. The highest BCUT2D eigenvalue weighted by Crippen LogP contribution is 2.60. The molecule has 0 spiro atoms. The van der Waals surface area contributed by atoms with Crippen LogP contribution in [0.5, 0.6) is 0 Å². The molecule has 0 radical (unpaired) electrons. The maximum absolute atomic E-state index is 12.2. The van der Waals surface area contributed by atoms with Crippen LogP contribution in [0.15, 0.2) is 35.5 Å². The number of allylic oxidation sites excluding steroid dienone is 3. The van der Waals surface area contributed by atoms with Crippen LogP contribution in [0.2, 0.25) is 36.3 Å². The molecule has 0 aromatic heterocycles. The van der Waals surface area contributed by atoms with Gasteiger partial charge in [0.1, 0.15) is 6.29 Å². The summed E-state index contributed by atoms with van der Waals surface area (Å²) in [4.78, 5) is 12.2. The molecule has 0 heterocycles. The Labute approximate surface area is 243 Å². The molecule has 3 rings (SSSR count). The van der Waals surface area contributed by atoms with E-state index in [2.05, 4.69) is 100 Å². The lowest BCUT2D eigenvalue weighted by Gasteiger charge is -2.45. The van der Waals surface area contributed by atoms with Crippen LogP contribution in [0, 0.1) is 23.2 Å². The van der Waals surface area contributed by atoms with Gasteiger partial charge in [-0.05, 0) is 96.8 Å². The van der Waals surface area contributed by atoms with E-state index in [-0.39, 0.29) is 33.6 Å². The van der Waals surface area contributed by atoms with Gasteiger partial charge in [-0.25, -0.2) is 0 Å². The van der Waals surface area contributed by atoms with E-state index in [0.717, 1.165) is 31.3 Å². The molecule has 39 heavy (non-hydrogen) atoms. The van der Waals surface area contributed by atoms with Crippen molar-refractivity contribution in [1.29, 1.82) is 0 Å². The van der Waals surface area contributed by atoms with Gasteiger partial charge in [-0.1, -0.05) is 86.1 Å². The van der Waals surface area contributed by atoms with Crippen LogP contribution in [0.4, 0.5) is 0 Å². The Kier molecular flexibility index (Phi) is 9.65. The van der Waals surface area contributed by atoms with Gasteiger partial charge >= 0.3 is 0 Å². The summed E-state index contributed by atoms with van der Waals surface area (Å²) in [6.45, 7) is 32.7. The SMILES string of the molecule is C=C1/C(=C\C=C2/CCC[C@]3(C)[C@@H](CC)C[C@@H](C=O)[C@@H]23)CC(O[Si](C)(C)C(C)(C)C)CC1O[Si](C)(C)C(C)(C)C. The van der Waals surface area contributed by atoms with Crippen molar-refractivity contribution in [1.82, 2.24) is 0 Å². The lowest BCUT2D eigenvalue weighted by atomic mass is 9.62. The maximum atomic E-state index is 12.2. The van der Waals surface area contributed by atoms with Crippen molar-refractivity contribution in [2.45, 2.75) is 149 Å². The largest absolute Gasteiger partial charge is 0.413 e. The number of carbonyl (C=O) groups excluding carboxylic acids is 1. The minimum Gasteiger partial charge on any atom is -0.413 e. The number of rotatable bonds is 7. The van der Waals surface area contributed by atoms with Crippen molar-refractivity contribution in [3.05, 3.63) is 35.5 Å². The summed E-state index contributed by atoms with van der Waals surface area (Å²) in [6, 6.07) is 0. The van der Waals surface area contributed by atoms with Crippen LogP contribution in [0.25, 0.3) is 0 Å².